The summed E-state index contributed by atoms with van der Waals surface area (Å²) >= 11 is 1.37. The molecule has 1 amide bonds. The van der Waals surface area contributed by atoms with Gasteiger partial charge in [-0.1, -0.05) is 20.8 Å². The first-order valence-corrected chi connectivity index (χ1v) is 7.63. The van der Waals surface area contributed by atoms with Crippen molar-refractivity contribution in [2.75, 3.05) is 12.4 Å². The third-order valence-corrected chi connectivity index (χ3v) is 4.67. The van der Waals surface area contributed by atoms with Crippen molar-refractivity contribution in [2.24, 2.45) is 11.1 Å². The van der Waals surface area contributed by atoms with Crippen molar-refractivity contribution >= 4 is 28.2 Å². The Morgan fingerprint density at radius 3 is 2.38 bits per heavy atom. The summed E-state index contributed by atoms with van der Waals surface area (Å²) in [5.41, 5.74) is 7.13. The van der Waals surface area contributed by atoms with Gasteiger partial charge in [0.15, 0.2) is 0 Å². The van der Waals surface area contributed by atoms with Crippen LogP contribution < -0.4 is 11.1 Å². The van der Waals surface area contributed by atoms with Crippen LogP contribution in [0.15, 0.2) is 0 Å². The van der Waals surface area contributed by atoms with Crippen molar-refractivity contribution < 1.29 is 14.3 Å². The first-order valence-electron chi connectivity index (χ1n) is 6.81. The standard InChI is InChI=1S/C15H24N2O3S/c1-8-9(2)21-13(12(8)14(19)20-6)17-11(18)7-10(16)15(3,4)5/h10H,7,16H2,1-6H3,(H,17,18). The SMILES string of the molecule is COC(=O)c1c(NC(=O)CC(N)C(C)(C)C)sc(C)c1C. The number of amides is 1. The molecular formula is C15H24N2O3S. The van der Waals surface area contributed by atoms with Gasteiger partial charge in [0, 0.05) is 17.3 Å². The lowest BCUT2D eigenvalue weighted by Crippen LogP contribution is -2.38. The van der Waals surface area contributed by atoms with Gasteiger partial charge in [-0.05, 0) is 24.8 Å². The highest BCUT2D eigenvalue weighted by Gasteiger charge is 2.25. The fraction of sp³-hybridized carbons (Fsp3) is 0.600. The Kier molecular flexibility index (Phi) is 5.53. The Hall–Kier alpha value is -1.40. The second kappa shape index (κ2) is 6.58. The summed E-state index contributed by atoms with van der Waals surface area (Å²) in [4.78, 5) is 24.9. The van der Waals surface area contributed by atoms with Crippen LogP contribution in [-0.2, 0) is 9.53 Å². The van der Waals surface area contributed by atoms with Crippen LogP contribution in [-0.4, -0.2) is 25.0 Å². The van der Waals surface area contributed by atoms with Gasteiger partial charge in [-0.3, -0.25) is 4.79 Å². The smallest absolute Gasteiger partial charge is 0.341 e. The highest BCUT2D eigenvalue weighted by atomic mass is 32.1. The Balaban J connectivity index is 2.91. The van der Waals surface area contributed by atoms with Crippen molar-refractivity contribution in [3.05, 3.63) is 16.0 Å². The van der Waals surface area contributed by atoms with Crippen LogP contribution in [0.5, 0.6) is 0 Å². The van der Waals surface area contributed by atoms with E-state index >= 15 is 0 Å². The Morgan fingerprint density at radius 2 is 1.90 bits per heavy atom. The summed E-state index contributed by atoms with van der Waals surface area (Å²) in [5.74, 6) is -0.629. The summed E-state index contributed by atoms with van der Waals surface area (Å²) in [7, 11) is 1.33. The first-order chi connectivity index (χ1) is 9.57. The Bertz CT molecular complexity index is 544. The summed E-state index contributed by atoms with van der Waals surface area (Å²) < 4.78 is 4.78. The molecule has 1 rings (SSSR count). The molecule has 0 aliphatic rings. The molecule has 0 saturated carbocycles. The molecule has 3 N–H and O–H groups in total. The molecule has 1 aromatic heterocycles. The third kappa shape index (κ3) is 4.28. The lowest BCUT2D eigenvalue weighted by atomic mass is 9.85. The highest BCUT2D eigenvalue weighted by molar-refractivity contribution is 7.16. The minimum atomic E-state index is -0.438. The molecule has 0 bridgehead atoms. The minimum Gasteiger partial charge on any atom is -0.465 e. The predicted molar refractivity (Wildman–Crippen MR) is 85.8 cm³/mol. The van der Waals surface area contributed by atoms with E-state index in [1.54, 1.807) is 0 Å². The van der Waals surface area contributed by atoms with Gasteiger partial charge < -0.3 is 15.8 Å². The van der Waals surface area contributed by atoms with E-state index in [1.807, 2.05) is 34.6 Å². The van der Waals surface area contributed by atoms with Crippen molar-refractivity contribution in [1.29, 1.82) is 0 Å². The molecule has 6 heteroatoms. The molecule has 0 fully saturated rings. The van der Waals surface area contributed by atoms with Crippen LogP contribution in [0.1, 0.15) is 48.0 Å². The van der Waals surface area contributed by atoms with Gasteiger partial charge in [-0.2, -0.15) is 0 Å². The fourth-order valence-corrected chi connectivity index (χ4v) is 2.81. The first kappa shape index (κ1) is 17.7. The molecule has 0 spiro atoms. The molecule has 1 atom stereocenters. The number of hydrogen-bond donors (Lipinski definition) is 2. The van der Waals surface area contributed by atoms with Crippen LogP contribution in [0.4, 0.5) is 5.00 Å². The lowest BCUT2D eigenvalue weighted by molar-refractivity contribution is -0.117. The average molecular weight is 312 g/mol. The number of nitrogens with two attached hydrogens (primary N) is 1. The van der Waals surface area contributed by atoms with E-state index in [2.05, 4.69) is 5.32 Å². The third-order valence-electron chi connectivity index (χ3n) is 3.55. The van der Waals surface area contributed by atoms with Crippen molar-refractivity contribution in [3.63, 3.8) is 0 Å². The van der Waals surface area contributed by atoms with Gasteiger partial charge in [-0.25, -0.2) is 4.79 Å². The maximum atomic E-state index is 12.1. The van der Waals surface area contributed by atoms with Crippen LogP contribution in [0, 0.1) is 19.3 Å². The van der Waals surface area contributed by atoms with Crippen molar-refractivity contribution in [2.45, 2.75) is 47.1 Å². The van der Waals surface area contributed by atoms with E-state index in [-0.39, 0.29) is 23.8 Å². The molecule has 1 heterocycles. The van der Waals surface area contributed by atoms with Gasteiger partial charge in [-0.15, -0.1) is 11.3 Å². The van der Waals surface area contributed by atoms with Gasteiger partial charge in [0.05, 0.1) is 12.7 Å². The molecule has 5 nitrogen and oxygen atoms in total. The quantitative estimate of drug-likeness (QED) is 0.838. The van der Waals surface area contributed by atoms with Gasteiger partial charge in [0.2, 0.25) is 5.91 Å². The number of carbonyl (C=O) groups is 2. The van der Waals surface area contributed by atoms with Crippen molar-refractivity contribution in [1.82, 2.24) is 0 Å². The molecule has 0 aliphatic carbocycles. The largest absolute Gasteiger partial charge is 0.465 e. The summed E-state index contributed by atoms with van der Waals surface area (Å²) in [6, 6.07) is -0.249. The van der Waals surface area contributed by atoms with E-state index in [0.29, 0.717) is 10.6 Å². The zero-order valence-corrected chi connectivity index (χ0v) is 14.3. The normalized spacial score (nSPS) is 12.9. The number of hydrogen-bond acceptors (Lipinski definition) is 5. The van der Waals surface area contributed by atoms with Crippen LogP contribution in [0.2, 0.25) is 0 Å². The number of thiophene rings is 1. The second-order valence-corrected chi connectivity index (χ2v) is 7.43. The molecule has 0 saturated heterocycles. The molecule has 0 aromatic carbocycles. The van der Waals surface area contributed by atoms with Gasteiger partial charge in [0.25, 0.3) is 0 Å². The van der Waals surface area contributed by atoms with E-state index in [0.717, 1.165) is 10.4 Å². The number of methoxy groups -OCH3 is 1. The summed E-state index contributed by atoms with van der Waals surface area (Å²) in [6.45, 7) is 9.72. The monoisotopic (exact) mass is 312 g/mol. The molecule has 118 valence electrons. The molecule has 1 aromatic rings. The summed E-state index contributed by atoms with van der Waals surface area (Å²) in [5, 5.41) is 3.32. The van der Waals surface area contributed by atoms with Crippen molar-refractivity contribution in [3.8, 4) is 0 Å². The molecular weight excluding hydrogens is 288 g/mol. The average Bonchev–Trinajstić information content (AvgIpc) is 2.62. The number of esters is 1. The topological polar surface area (TPSA) is 81.4 Å². The van der Waals surface area contributed by atoms with E-state index < -0.39 is 5.97 Å². The molecule has 1 unspecified atom stereocenters. The maximum absolute atomic E-state index is 12.1. The van der Waals surface area contributed by atoms with Crippen LogP contribution >= 0.6 is 11.3 Å². The van der Waals surface area contributed by atoms with Crippen LogP contribution in [0.25, 0.3) is 0 Å². The molecule has 0 radical (unpaired) electrons. The molecule has 0 aliphatic heterocycles. The Morgan fingerprint density at radius 1 is 1.33 bits per heavy atom. The molecule has 21 heavy (non-hydrogen) atoms. The Labute approximate surface area is 129 Å². The van der Waals surface area contributed by atoms with Crippen LogP contribution in [0.3, 0.4) is 0 Å². The lowest BCUT2D eigenvalue weighted by Gasteiger charge is -2.26. The van der Waals surface area contributed by atoms with E-state index in [4.69, 9.17) is 10.5 Å². The number of aryl methyl sites for hydroxylation is 1. The second-order valence-electron chi connectivity index (χ2n) is 6.20. The maximum Gasteiger partial charge on any atom is 0.341 e. The minimum absolute atomic E-state index is 0.149. The van der Waals surface area contributed by atoms with Gasteiger partial charge in [0.1, 0.15) is 5.00 Å². The number of carbonyl (C=O) groups excluding carboxylic acids is 2. The number of rotatable bonds is 4. The van der Waals surface area contributed by atoms with E-state index in [9.17, 15) is 9.59 Å². The number of anilines is 1. The highest BCUT2D eigenvalue weighted by Crippen LogP contribution is 2.33. The number of nitrogens with one attached hydrogen (secondary N) is 1. The summed E-state index contributed by atoms with van der Waals surface area (Å²) in [6.07, 6.45) is 0.208. The fourth-order valence-electron chi connectivity index (χ4n) is 1.75. The van der Waals surface area contributed by atoms with Gasteiger partial charge >= 0.3 is 5.97 Å². The number of ether oxygens (including phenoxy) is 1. The van der Waals surface area contributed by atoms with E-state index in [1.165, 1.54) is 18.4 Å². The zero-order chi connectivity index (χ0) is 16.4. The predicted octanol–water partition coefficient (Wildman–Crippen LogP) is 2.85. The zero-order valence-electron chi connectivity index (χ0n) is 13.5.